The molecule has 2 aromatic rings. The molecule has 1 amide bonds. The van der Waals surface area contributed by atoms with Gasteiger partial charge in [-0.1, -0.05) is 24.3 Å². The van der Waals surface area contributed by atoms with E-state index in [0.717, 1.165) is 16.9 Å². The number of methoxy groups -OCH3 is 1. The third-order valence-corrected chi connectivity index (χ3v) is 3.41. The molecular weight excluding hydrogens is 278 g/mol. The number of hydrogen-bond acceptors (Lipinski definition) is 3. The molecule has 0 heterocycles. The van der Waals surface area contributed by atoms with E-state index in [1.807, 2.05) is 50.2 Å². The molecule has 1 N–H and O–H groups in total. The zero-order valence-electron chi connectivity index (χ0n) is 13.3. The molecule has 0 aliphatic heterocycles. The average molecular weight is 299 g/mol. The van der Waals surface area contributed by atoms with E-state index in [0.29, 0.717) is 11.4 Å². The van der Waals surface area contributed by atoms with Gasteiger partial charge in [0.25, 0.3) is 5.91 Å². The van der Waals surface area contributed by atoms with Crippen LogP contribution in [0.25, 0.3) is 0 Å². The Hall–Kier alpha value is -2.49. The number of carbonyl (C=O) groups is 1. The fraction of sp³-hybridized carbons (Fsp3) is 0.278. The molecule has 0 fully saturated rings. The fourth-order valence-corrected chi connectivity index (χ4v) is 2.16. The SMILES string of the molecule is COc1cccc(NC(=O)C(C)Oc2c(C)cccc2C)c1. The first-order valence-corrected chi connectivity index (χ1v) is 7.19. The molecule has 4 nitrogen and oxygen atoms in total. The van der Waals surface area contributed by atoms with Crippen LogP contribution in [0.15, 0.2) is 42.5 Å². The van der Waals surface area contributed by atoms with Gasteiger partial charge in [0, 0.05) is 11.8 Å². The van der Waals surface area contributed by atoms with Gasteiger partial charge in [-0.05, 0) is 44.0 Å². The largest absolute Gasteiger partial charge is 0.497 e. The summed E-state index contributed by atoms with van der Waals surface area (Å²) >= 11 is 0. The number of anilines is 1. The standard InChI is InChI=1S/C18H21NO3/c1-12-7-5-8-13(2)17(12)22-14(3)18(20)19-15-9-6-10-16(11-15)21-4/h5-11,14H,1-4H3,(H,19,20). The number of amides is 1. The molecule has 1 atom stereocenters. The van der Waals surface area contributed by atoms with Gasteiger partial charge >= 0.3 is 0 Å². The normalized spacial score (nSPS) is 11.6. The molecule has 0 saturated heterocycles. The average Bonchev–Trinajstić information content (AvgIpc) is 2.51. The number of aryl methyl sites for hydroxylation is 2. The van der Waals surface area contributed by atoms with Crippen molar-refractivity contribution in [2.75, 3.05) is 12.4 Å². The van der Waals surface area contributed by atoms with Crippen molar-refractivity contribution < 1.29 is 14.3 Å². The Morgan fingerprint density at radius 1 is 1.09 bits per heavy atom. The predicted octanol–water partition coefficient (Wildman–Crippen LogP) is 3.72. The van der Waals surface area contributed by atoms with Crippen LogP contribution in [-0.2, 0) is 4.79 Å². The number of para-hydroxylation sites is 1. The molecule has 2 aromatic carbocycles. The van der Waals surface area contributed by atoms with Crippen molar-refractivity contribution >= 4 is 11.6 Å². The third kappa shape index (κ3) is 3.79. The van der Waals surface area contributed by atoms with Gasteiger partial charge < -0.3 is 14.8 Å². The smallest absolute Gasteiger partial charge is 0.265 e. The summed E-state index contributed by atoms with van der Waals surface area (Å²) in [6.07, 6.45) is -0.592. The Morgan fingerprint density at radius 3 is 2.36 bits per heavy atom. The highest BCUT2D eigenvalue weighted by Crippen LogP contribution is 2.24. The van der Waals surface area contributed by atoms with Crippen LogP contribution in [0.4, 0.5) is 5.69 Å². The maximum atomic E-state index is 12.3. The van der Waals surface area contributed by atoms with E-state index in [2.05, 4.69) is 5.32 Å². The first-order valence-electron chi connectivity index (χ1n) is 7.19. The topological polar surface area (TPSA) is 47.6 Å². The van der Waals surface area contributed by atoms with Gasteiger partial charge in [-0.3, -0.25) is 4.79 Å². The zero-order valence-corrected chi connectivity index (χ0v) is 13.3. The second kappa shape index (κ2) is 6.98. The van der Waals surface area contributed by atoms with Crippen molar-refractivity contribution in [2.45, 2.75) is 26.9 Å². The quantitative estimate of drug-likeness (QED) is 0.915. The molecule has 0 bridgehead atoms. The Balaban J connectivity index is 2.06. The molecule has 0 aromatic heterocycles. The number of benzene rings is 2. The summed E-state index contributed by atoms with van der Waals surface area (Å²) < 4.78 is 11.0. The lowest BCUT2D eigenvalue weighted by atomic mass is 10.1. The summed E-state index contributed by atoms with van der Waals surface area (Å²) in [5.41, 5.74) is 2.71. The van der Waals surface area contributed by atoms with Crippen molar-refractivity contribution in [3.63, 3.8) is 0 Å². The Labute approximate surface area is 131 Å². The summed E-state index contributed by atoms with van der Waals surface area (Å²) in [7, 11) is 1.59. The summed E-state index contributed by atoms with van der Waals surface area (Å²) in [5, 5.41) is 2.83. The van der Waals surface area contributed by atoms with Crippen molar-refractivity contribution in [2.24, 2.45) is 0 Å². The van der Waals surface area contributed by atoms with E-state index in [4.69, 9.17) is 9.47 Å². The molecule has 116 valence electrons. The van der Waals surface area contributed by atoms with Gasteiger partial charge in [-0.2, -0.15) is 0 Å². The summed E-state index contributed by atoms with van der Waals surface area (Å²) in [4.78, 5) is 12.3. The molecule has 0 spiro atoms. The fourth-order valence-electron chi connectivity index (χ4n) is 2.16. The van der Waals surface area contributed by atoms with E-state index >= 15 is 0 Å². The molecular formula is C18H21NO3. The minimum atomic E-state index is -0.592. The van der Waals surface area contributed by atoms with E-state index in [1.54, 1.807) is 20.1 Å². The van der Waals surface area contributed by atoms with Crippen LogP contribution in [0, 0.1) is 13.8 Å². The van der Waals surface area contributed by atoms with Crippen molar-refractivity contribution in [3.8, 4) is 11.5 Å². The third-order valence-electron chi connectivity index (χ3n) is 3.41. The van der Waals surface area contributed by atoms with Crippen LogP contribution >= 0.6 is 0 Å². The first kappa shape index (κ1) is 15.9. The maximum Gasteiger partial charge on any atom is 0.265 e. The Morgan fingerprint density at radius 2 is 1.73 bits per heavy atom. The van der Waals surface area contributed by atoms with Crippen LogP contribution in [-0.4, -0.2) is 19.1 Å². The lowest BCUT2D eigenvalue weighted by Crippen LogP contribution is -2.30. The highest BCUT2D eigenvalue weighted by Gasteiger charge is 2.17. The van der Waals surface area contributed by atoms with Crippen LogP contribution in [0.5, 0.6) is 11.5 Å². The molecule has 0 radical (unpaired) electrons. The molecule has 0 aliphatic rings. The molecule has 4 heteroatoms. The van der Waals surface area contributed by atoms with Crippen LogP contribution < -0.4 is 14.8 Å². The minimum Gasteiger partial charge on any atom is -0.497 e. The molecule has 0 aliphatic carbocycles. The number of hydrogen-bond donors (Lipinski definition) is 1. The summed E-state index contributed by atoms with van der Waals surface area (Å²) in [6.45, 7) is 5.67. The number of carbonyl (C=O) groups excluding carboxylic acids is 1. The maximum absolute atomic E-state index is 12.3. The number of nitrogens with one attached hydrogen (secondary N) is 1. The van der Waals surface area contributed by atoms with Crippen LogP contribution in [0.2, 0.25) is 0 Å². The van der Waals surface area contributed by atoms with Gasteiger partial charge in [-0.25, -0.2) is 0 Å². The monoisotopic (exact) mass is 299 g/mol. The van der Waals surface area contributed by atoms with Gasteiger partial charge in [0.15, 0.2) is 6.10 Å². The zero-order chi connectivity index (χ0) is 16.1. The highest BCUT2D eigenvalue weighted by molar-refractivity contribution is 5.94. The van der Waals surface area contributed by atoms with Crippen molar-refractivity contribution in [1.82, 2.24) is 0 Å². The Kier molecular flexibility index (Phi) is 5.04. The lowest BCUT2D eigenvalue weighted by molar-refractivity contribution is -0.122. The number of rotatable bonds is 5. The molecule has 2 rings (SSSR count). The second-order valence-electron chi connectivity index (χ2n) is 5.20. The highest BCUT2D eigenvalue weighted by atomic mass is 16.5. The van der Waals surface area contributed by atoms with E-state index < -0.39 is 6.10 Å². The van der Waals surface area contributed by atoms with Crippen molar-refractivity contribution in [3.05, 3.63) is 53.6 Å². The molecule has 1 unspecified atom stereocenters. The van der Waals surface area contributed by atoms with E-state index in [1.165, 1.54) is 0 Å². The van der Waals surface area contributed by atoms with Gasteiger partial charge in [0.2, 0.25) is 0 Å². The van der Waals surface area contributed by atoms with Gasteiger partial charge in [0.05, 0.1) is 7.11 Å². The van der Waals surface area contributed by atoms with E-state index in [9.17, 15) is 4.79 Å². The van der Waals surface area contributed by atoms with Crippen molar-refractivity contribution in [1.29, 1.82) is 0 Å². The summed E-state index contributed by atoms with van der Waals surface area (Å²) in [6, 6.07) is 13.1. The van der Waals surface area contributed by atoms with Gasteiger partial charge in [0.1, 0.15) is 11.5 Å². The first-order chi connectivity index (χ1) is 10.5. The van der Waals surface area contributed by atoms with E-state index in [-0.39, 0.29) is 5.91 Å². The molecule has 0 saturated carbocycles. The predicted molar refractivity (Wildman–Crippen MR) is 87.6 cm³/mol. The number of ether oxygens (including phenoxy) is 2. The lowest BCUT2D eigenvalue weighted by Gasteiger charge is -2.18. The Bertz CT molecular complexity index is 647. The molecule has 22 heavy (non-hydrogen) atoms. The van der Waals surface area contributed by atoms with Crippen LogP contribution in [0.1, 0.15) is 18.1 Å². The second-order valence-corrected chi connectivity index (χ2v) is 5.20. The summed E-state index contributed by atoms with van der Waals surface area (Å²) in [5.74, 6) is 1.26. The minimum absolute atomic E-state index is 0.198. The van der Waals surface area contributed by atoms with Crippen LogP contribution in [0.3, 0.4) is 0 Å². The van der Waals surface area contributed by atoms with Gasteiger partial charge in [-0.15, -0.1) is 0 Å².